The zero-order valence-electron chi connectivity index (χ0n) is 19.7. The van der Waals surface area contributed by atoms with Crippen molar-refractivity contribution in [1.29, 1.82) is 0 Å². The van der Waals surface area contributed by atoms with E-state index in [1.807, 2.05) is 25.1 Å². The lowest BCUT2D eigenvalue weighted by Crippen LogP contribution is -2.29. The lowest BCUT2D eigenvalue weighted by atomic mass is 9.79. The summed E-state index contributed by atoms with van der Waals surface area (Å²) in [6.07, 6.45) is 0. The molecule has 0 amide bonds. The van der Waals surface area contributed by atoms with E-state index in [1.54, 1.807) is 25.1 Å². The van der Waals surface area contributed by atoms with E-state index in [2.05, 4.69) is 26.0 Å². The third kappa shape index (κ3) is 4.32. The molecule has 0 saturated carbocycles. The fourth-order valence-corrected chi connectivity index (χ4v) is 4.92. The topological polar surface area (TPSA) is 100 Å². The highest BCUT2D eigenvalue weighted by Gasteiger charge is 2.43. The van der Waals surface area contributed by atoms with Crippen molar-refractivity contribution in [2.45, 2.75) is 19.8 Å². The molecule has 182 valence electrons. The van der Waals surface area contributed by atoms with Crippen LogP contribution in [0.1, 0.15) is 41.3 Å². The van der Waals surface area contributed by atoms with Crippen LogP contribution in [0.2, 0.25) is 0 Å². The van der Waals surface area contributed by atoms with Crippen molar-refractivity contribution in [1.82, 2.24) is 5.32 Å². The van der Waals surface area contributed by atoms with Crippen molar-refractivity contribution >= 4 is 39.3 Å². The summed E-state index contributed by atoms with van der Waals surface area (Å²) in [5, 5.41) is 3.25. The number of benzene rings is 2. The summed E-state index contributed by atoms with van der Waals surface area (Å²) in [4.78, 5) is 38.1. The number of carbonyl (C=O) groups excluding carboxylic acids is 3. The Bertz CT molecular complexity index is 1290. The molecule has 2 aromatic rings. The van der Waals surface area contributed by atoms with E-state index >= 15 is 0 Å². The van der Waals surface area contributed by atoms with Gasteiger partial charge in [0.25, 0.3) is 0 Å². The van der Waals surface area contributed by atoms with Crippen LogP contribution in [-0.2, 0) is 19.1 Å². The van der Waals surface area contributed by atoms with Crippen molar-refractivity contribution in [3.8, 4) is 11.5 Å². The Kier molecular flexibility index (Phi) is 6.98. The molecule has 8 nitrogen and oxygen atoms in total. The fourth-order valence-electron chi connectivity index (χ4n) is 4.37. The van der Waals surface area contributed by atoms with Gasteiger partial charge in [-0.1, -0.05) is 40.2 Å². The second kappa shape index (κ2) is 9.95. The van der Waals surface area contributed by atoms with Gasteiger partial charge in [0.05, 0.1) is 38.0 Å². The minimum absolute atomic E-state index is 0.169. The van der Waals surface area contributed by atoms with Gasteiger partial charge < -0.3 is 24.3 Å². The Morgan fingerprint density at radius 2 is 1.71 bits per heavy atom. The van der Waals surface area contributed by atoms with Crippen LogP contribution in [0, 0.1) is 0 Å². The van der Waals surface area contributed by atoms with Crippen LogP contribution < -0.4 is 14.8 Å². The Morgan fingerprint density at radius 3 is 2.37 bits per heavy atom. The molecule has 1 atom stereocenters. The highest BCUT2D eigenvalue weighted by atomic mass is 79.9. The normalized spacial score (nSPS) is 16.4. The van der Waals surface area contributed by atoms with Crippen LogP contribution in [0.15, 0.2) is 57.7 Å². The van der Waals surface area contributed by atoms with Gasteiger partial charge in [-0.15, -0.1) is 0 Å². The molecule has 0 spiro atoms. The van der Waals surface area contributed by atoms with E-state index in [0.717, 1.165) is 5.56 Å². The molecule has 0 radical (unpaired) electrons. The first kappa shape index (κ1) is 24.5. The quantitative estimate of drug-likeness (QED) is 0.522. The smallest absolute Gasteiger partial charge is 0.343 e. The molecular formula is C26H24BrNO7. The number of esters is 2. The molecule has 9 heteroatoms. The number of nitrogens with one attached hydrogen (secondary N) is 1. The van der Waals surface area contributed by atoms with Crippen LogP contribution in [0.3, 0.4) is 0 Å². The Morgan fingerprint density at radius 1 is 1.03 bits per heavy atom. The first-order chi connectivity index (χ1) is 16.8. The van der Waals surface area contributed by atoms with Crippen molar-refractivity contribution in [3.05, 3.63) is 74.4 Å². The number of Topliss-reactive ketones (excluding diaryl/α,β-unsaturated/α-hetero) is 1. The third-order valence-electron chi connectivity index (χ3n) is 5.90. The average molecular weight is 542 g/mol. The second-order valence-corrected chi connectivity index (χ2v) is 8.72. The van der Waals surface area contributed by atoms with Crippen LogP contribution >= 0.6 is 15.9 Å². The summed E-state index contributed by atoms with van der Waals surface area (Å²) in [6.45, 7) is 3.63. The SMILES string of the molecule is CCOc1cc([C@H]2C(C(=O)OC)=C(C)NC3=C2C(=O)c2ccccc23)c(Br)cc1OCC(=O)OC. The number of dihydropyridines is 1. The summed E-state index contributed by atoms with van der Waals surface area (Å²) in [5.41, 5.74) is 3.97. The molecule has 0 fully saturated rings. The molecule has 4 rings (SSSR count). The number of ether oxygens (including phenoxy) is 4. The number of fused-ring (bicyclic) bond motifs is 2. The van der Waals surface area contributed by atoms with Crippen LogP contribution in [0.5, 0.6) is 11.5 Å². The van der Waals surface area contributed by atoms with Crippen molar-refractivity contribution in [2.75, 3.05) is 27.4 Å². The molecule has 0 aromatic heterocycles. The number of halogens is 1. The van der Waals surface area contributed by atoms with Crippen LogP contribution in [0.25, 0.3) is 5.70 Å². The van der Waals surface area contributed by atoms with E-state index in [4.69, 9.17) is 14.2 Å². The standard InChI is InChI=1S/C26H24BrNO7/c1-5-34-18-10-16(17(27)11-19(18)35-12-20(29)32-3)22-21(26(31)33-4)13(2)28-24-14-8-6-7-9-15(14)25(30)23(22)24/h6-11,22,28H,5,12H2,1-4H3/t22-/m0/s1. The molecule has 1 aliphatic heterocycles. The highest BCUT2D eigenvalue weighted by molar-refractivity contribution is 9.10. The first-order valence-corrected chi connectivity index (χ1v) is 11.7. The van der Waals surface area contributed by atoms with E-state index < -0.39 is 17.9 Å². The van der Waals surface area contributed by atoms with E-state index in [-0.39, 0.29) is 12.4 Å². The summed E-state index contributed by atoms with van der Waals surface area (Å²) in [7, 11) is 2.58. The van der Waals surface area contributed by atoms with Gasteiger partial charge in [-0.2, -0.15) is 0 Å². The van der Waals surface area contributed by atoms with Gasteiger partial charge in [0.1, 0.15) is 0 Å². The molecule has 2 aromatic carbocycles. The fraction of sp³-hybridized carbons (Fsp3) is 0.269. The van der Waals surface area contributed by atoms with Crippen LogP contribution in [0.4, 0.5) is 0 Å². The zero-order valence-corrected chi connectivity index (χ0v) is 21.3. The lowest BCUT2D eigenvalue weighted by molar-refractivity contribution is -0.143. The maximum absolute atomic E-state index is 13.6. The van der Waals surface area contributed by atoms with E-state index in [1.165, 1.54) is 14.2 Å². The number of carbonyl (C=O) groups is 3. The van der Waals surface area contributed by atoms with Gasteiger partial charge in [-0.3, -0.25) is 4.79 Å². The summed E-state index contributed by atoms with van der Waals surface area (Å²) < 4.78 is 21.7. The van der Waals surface area contributed by atoms with Gasteiger partial charge in [0, 0.05) is 26.9 Å². The molecular weight excluding hydrogens is 518 g/mol. The van der Waals surface area contributed by atoms with Gasteiger partial charge >= 0.3 is 11.9 Å². The lowest BCUT2D eigenvalue weighted by Gasteiger charge is -2.30. The van der Waals surface area contributed by atoms with Gasteiger partial charge in [-0.25, -0.2) is 9.59 Å². The predicted molar refractivity (Wildman–Crippen MR) is 131 cm³/mol. The average Bonchev–Trinajstić information content (AvgIpc) is 3.14. The number of allylic oxidation sites excluding steroid dienone is 2. The summed E-state index contributed by atoms with van der Waals surface area (Å²) >= 11 is 3.58. The van der Waals surface area contributed by atoms with Gasteiger partial charge in [0.2, 0.25) is 0 Å². The number of ketones is 1. The van der Waals surface area contributed by atoms with Crippen molar-refractivity contribution in [3.63, 3.8) is 0 Å². The monoisotopic (exact) mass is 541 g/mol. The maximum atomic E-state index is 13.6. The molecule has 0 saturated heterocycles. The molecule has 35 heavy (non-hydrogen) atoms. The van der Waals surface area contributed by atoms with E-state index in [0.29, 0.717) is 56.2 Å². The van der Waals surface area contributed by atoms with E-state index in [9.17, 15) is 14.4 Å². The minimum atomic E-state index is -0.734. The summed E-state index contributed by atoms with van der Waals surface area (Å²) in [5.74, 6) is -1.31. The maximum Gasteiger partial charge on any atom is 0.343 e. The highest BCUT2D eigenvalue weighted by Crippen LogP contribution is 2.50. The molecule has 0 unspecified atom stereocenters. The first-order valence-electron chi connectivity index (χ1n) is 10.9. The van der Waals surface area contributed by atoms with Crippen molar-refractivity contribution in [2.24, 2.45) is 0 Å². The Balaban J connectivity index is 1.90. The Hall–Kier alpha value is -3.59. The second-order valence-electron chi connectivity index (χ2n) is 7.87. The number of methoxy groups -OCH3 is 2. The molecule has 1 heterocycles. The summed E-state index contributed by atoms with van der Waals surface area (Å²) in [6, 6.07) is 10.7. The molecule has 1 aliphatic carbocycles. The predicted octanol–water partition coefficient (Wildman–Crippen LogP) is 4.14. The third-order valence-corrected chi connectivity index (χ3v) is 6.59. The number of hydrogen-bond donors (Lipinski definition) is 1. The van der Waals surface area contributed by atoms with Gasteiger partial charge in [-0.05, 0) is 31.5 Å². The van der Waals surface area contributed by atoms with Gasteiger partial charge in [0.15, 0.2) is 23.9 Å². The largest absolute Gasteiger partial charge is 0.490 e. The molecule has 1 N–H and O–H groups in total. The minimum Gasteiger partial charge on any atom is -0.490 e. The zero-order chi connectivity index (χ0) is 25.3. The number of hydrogen-bond acceptors (Lipinski definition) is 8. The van der Waals surface area contributed by atoms with Crippen LogP contribution in [-0.4, -0.2) is 45.2 Å². The van der Waals surface area contributed by atoms with Crippen molar-refractivity contribution < 1.29 is 33.3 Å². The number of rotatable bonds is 7. The Labute approximate surface area is 211 Å². The molecule has 0 bridgehead atoms. The molecule has 2 aliphatic rings.